The molecule has 3 rings (SSSR count). The lowest BCUT2D eigenvalue weighted by Gasteiger charge is -2.30. The molecule has 1 fully saturated rings. The van der Waals surface area contributed by atoms with Crippen molar-refractivity contribution >= 4 is 5.83 Å². The van der Waals surface area contributed by atoms with Gasteiger partial charge in [-0.25, -0.2) is 8.78 Å². The van der Waals surface area contributed by atoms with Crippen LogP contribution in [0.2, 0.25) is 0 Å². The Hall–Kier alpha value is -1.32. The van der Waals surface area contributed by atoms with E-state index >= 15 is 0 Å². The highest BCUT2D eigenvalue weighted by atomic mass is 19.3. The van der Waals surface area contributed by atoms with Crippen LogP contribution in [-0.2, 0) is 5.92 Å². The van der Waals surface area contributed by atoms with Gasteiger partial charge < -0.3 is 0 Å². The van der Waals surface area contributed by atoms with Crippen LogP contribution in [0.3, 0.4) is 0 Å². The maximum Gasteiger partial charge on any atom is 0.308 e. The molecule has 23 heavy (non-hydrogen) atoms. The van der Waals surface area contributed by atoms with Crippen molar-refractivity contribution in [1.82, 2.24) is 0 Å². The molecule has 0 N–H and O–H groups in total. The van der Waals surface area contributed by atoms with Crippen LogP contribution in [0.5, 0.6) is 0 Å². The van der Waals surface area contributed by atoms with Gasteiger partial charge in [0.2, 0.25) is 0 Å². The Morgan fingerprint density at radius 1 is 1.13 bits per heavy atom. The van der Waals surface area contributed by atoms with Crippen molar-refractivity contribution in [2.24, 2.45) is 5.92 Å². The molecule has 1 aromatic carbocycles. The third kappa shape index (κ3) is 3.05. The normalized spacial score (nSPS) is 29.8. The Labute approximate surface area is 134 Å². The smallest absolute Gasteiger partial charge is 0.236 e. The molecular formula is C19H22F4. The third-order valence-electron chi connectivity index (χ3n) is 5.31. The number of rotatable bonds is 3. The Morgan fingerprint density at radius 3 is 2.48 bits per heavy atom. The van der Waals surface area contributed by atoms with Gasteiger partial charge in [0, 0.05) is 11.1 Å². The average Bonchev–Trinajstić information content (AvgIpc) is 2.54. The van der Waals surface area contributed by atoms with Gasteiger partial charge in [-0.1, -0.05) is 31.9 Å². The number of benzene rings is 1. The monoisotopic (exact) mass is 326 g/mol. The van der Waals surface area contributed by atoms with Crippen LogP contribution in [-0.4, -0.2) is 6.17 Å². The molecule has 0 radical (unpaired) electrons. The molecule has 0 amide bonds. The van der Waals surface area contributed by atoms with E-state index in [1.807, 2.05) is 0 Å². The van der Waals surface area contributed by atoms with E-state index in [1.54, 1.807) is 6.07 Å². The summed E-state index contributed by atoms with van der Waals surface area (Å²) in [6, 6.07) is 4.34. The number of hydrogen-bond donors (Lipinski definition) is 0. The van der Waals surface area contributed by atoms with Gasteiger partial charge in [-0.3, -0.25) is 0 Å². The lowest BCUT2D eigenvalue weighted by Crippen LogP contribution is -2.30. The van der Waals surface area contributed by atoms with E-state index < -0.39 is 23.5 Å². The van der Waals surface area contributed by atoms with Crippen molar-refractivity contribution in [3.05, 3.63) is 41.0 Å². The fourth-order valence-electron chi connectivity index (χ4n) is 3.97. The molecule has 0 heterocycles. The van der Waals surface area contributed by atoms with E-state index in [1.165, 1.54) is 25.0 Å². The van der Waals surface area contributed by atoms with Crippen LogP contribution >= 0.6 is 0 Å². The molecule has 4 heteroatoms. The summed E-state index contributed by atoms with van der Waals surface area (Å²) in [7, 11) is 0. The summed E-state index contributed by atoms with van der Waals surface area (Å²) in [5.41, 5.74) is 0.223. The second-order valence-corrected chi connectivity index (χ2v) is 6.85. The first-order chi connectivity index (χ1) is 10.9. The maximum atomic E-state index is 14.0. The van der Waals surface area contributed by atoms with Gasteiger partial charge in [-0.2, -0.15) is 8.78 Å². The van der Waals surface area contributed by atoms with Crippen molar-refractivity contribution in [2.45, 2.75) is 63.5 Å². The quantitative estimate of drug-likeness (QED) is 0.555. The molecule has 0 saturated heterocycles. The molecule has 1 atom stereocenters. The molecule has 1 aromatic rings. The fourth-order valence-corrected chi connectivity index (χ4v) is 3.97. The van der Waals surface area contributed by atoms with Crippen molar-refractivity contribution in [3.8, 4) is 0 Å². The van der Waals surface area contributed by atoms with Gasteiger partial charge in [0.05, 0.1) is 0 Å². The van der Waals surface area contributed by atoms with Gasteiger partial charge in [-0.05, 0) is 55.2 Å². The molecule has 0 bridgehead atoms. The van der Waals surface area contributed by atoms with Gasteiger partial charge >= 0.3 is 5.92 Å². The summed E-state index contributed by atoms with van der Waals surface area (Å²) in [4.78, 5) is 0. The van der Waals surface area contributed by atoms with Crippen LogP contribution in [0.25, 0.3) is 5.83 Å². The standard InChI is InChI=1S/C19H22F4/c1-2-3-12-4-6-13(7-5-12)14-8-9-16-15(10-14)17(20)11-18(21)19(16,22)23/h8-13,18H,2-7H2,1H3/t12-,13-,18?. The Balaban J connectivity index is 1.83. The molecule has 1 unspecified atom stereocenters. The molecule has 1 saturated carbocycles. The summed E-state index contributed by atoms with van der Waals surface area (Å²) in [5.74, 6) is -3.48. The van der Waals surface area contributed by atoms with Crippen molar-refractivity contribution < 1.29 is 17.6 Å². The highest BCUT2D eigenvalue weighted by Gasteiger charge is 2.46. The Kier molecular flexibility index (Phi) is 4.52. The van der Waals surface area contributed by atoms with Gasteiger partial charge in [0.25, 0.3) is 0 Å². The van der Waals surface area contributed by atoms with Crippen LogP contribution in [0, 0.1) is 5.92 Å². The number of halogens is 4. The highest BCUT2D eigenvalue weighted by molar-refractivity contribution is 5.67. The Bertz CT molecular complexity index is 597. The van der Waals surface area contributed by atoms with Crippen molar-refractivity contribution in [3.63, 3.8) is 0 Å². The highest BCUT2D eigenvalue weighted by Crippen LogP contribution is 2.46. The minimum Gasteiger partial charge on any atom is -0.236 e. The van der Waals surface area contributed by atoms with E-state index in [9.17, 15) is 17.6 Å². The van der Waals surface area contributed by atoms with E-state index in [0.29, 0.717) is 6.08 Å². The first-order valence-corrected chi connectivity index (χ1v) is 8.47. The van der Waals surface area contributed by atoms with E-state index in [-0.39, 0.29) is 11.5 Å². The van der Waals surface area contributed by atoms with Gasteiger partial charge in [0.1, 0.15) is 5.83 Å². The van der Waals surface area contributed by atoms with Crippen LogP contribution in [0.15, 0.2) is 24.3 Å². The second-order valence-electron chi connectivity index (χ2n) is 6.85. The minimum absolute atomic E-state index is 0.142. The summed E-state index contributed by atoms with van der Waals surface area (Å²) in [6.07, 6.45) is 4.51. The first-order valence-electron chi connectivity index (χ1n) is 8.47. The van der Waals surface area contributed by atoms with Crippen LogP contribution in [0.4, 0.5) is 17.6 Å². The van der Waals surface area contributed by atoms with Crippen LogP contribution in [0.1, 0.15) is 68.1 Å². The average molecular weight is 326 g/mol. The van der Waals surface area contributed by atoms with E-state index in [2.05, 4.69) is 6.92 Å². The summed E-state index contributed by atoms with van der Waals surface area (Å²) >= 11 is 0. The topological polar surface area (TPSA) is 0 Å². The number of alkyl halides is 3. The molecule has 0 nitrogen and oxygen atoms in total. The fraction of sp³-hybridized carbons (Fsp3) is 0.579. The number of hydrogen-bond acceptors (Lipinski definition) is 0. The zero-order valence-electron chi connectivity index (χ0n) is 13.3. The maximum absolute atomic E-state index is 14.0. The molecule has 0 spiro atoms. The van der Waals surface area contributed by atoms with Crippen LogP contribution < -0.4 is 0 Å². The summed E-state index contributed by atoms with van der Waals surface area (Å²) in [6.45, 7) is 2.18. The molecular weight excluding hydrogens is 304 g/mol. The zero-order valence-corrected chi connectivity index (χ0v) is 13.3. The Morgan fingerprint density at radius 2 is 1.83 bits per heavy atom. The first kappa shape index (κ1) is 16.5. The predicted octanol–water partition coefficient (Wildman–Crippen LogP) is 6.51. The molecule has 126 valence electrons. The van der Waals surface area contributed by atoms with Crippen molar-refractivity contribution in [1.29, 1.82) is 0 Å². The number of fused-ring (bicyclic) bond motifs is 1. The molecule has 2 aliphatic carbocycles. The lowest BCUT2D eigenvalue weighted by atomic mass is 9.76. The van der Waals surface area contributed by atoms with Crippen molar-refractivity contribution in [2.75, 3.05) is 0 Å². The zero-order chi connectivity index (χ0) is 16.6. The van der Waals surface area contributed by atoms with Gasteiger partial charge in [-0.15, -0.1) is 0 Å². The molecule has 0 aliphatic heterocycles. The summed E-state index contributed by atoms with van der Waals surface area (Å²) in [5, 5.41) is 0. The lowest BCUT2D eigenvalue weighted by molar-refractivity contribution is -0.0619. The molecule has 2 aliphatic rings. The number of allylic oxidation sites excluding steroid dienone is 1. The van der Waals surface area contributed by atoms with E-state index in [4.69, 9.17) is 0 Å². The third-order valence-corrected chi connectivity index (χ3v) is 5.31. The minimum atomic E-state index is -3.65. The largest absolute Gasteiger partial charge is 0.308 e. The predicted molar refractivity (Wildman–Crippen MR) is 83.9 cm³/mol. The summed E-state index contributed by atoms with van der Waals surface area (Å²) < 4.78 is 55.1. The second kappa shape index (κ2) is 6.29. The molecule has 0 aromatic heterocycles. The van der Waals surface area contributed by atoms with Gasteiger partial charge in [0.15, 0.2) is 6.17 Å². The van der Waals surface area contributed by atoms with E-state index in [0.717, 1.165) is 37.2 Å². The SMILES string of the molecule is CCC[C@H]1CC[C@H](c2ccc3c(c2)C(F)=CC(F)C3(F)F)CC1.